The maximum Gasteiger partial charge on any atom is 0.140 e. The number of hydrogen-bond acceptors (Lipinski definition) is 1. The maximum absolute atomic E-state index is 6.98. The molecule has 3 aliphatic rings. The van der Waals surface area contributed by atoms with Crippen LogP contribution in [0.5, 0.6) is 11.5 Å². The van der Waals surface area contributed by atoms with Gasteiger partial charge in [-0.3, -0.25) is 0 Å². The Balaban J connectivity index is 1.38. The first-order chi connectivity index (χ1) is 22.1. The standard InChI is InChI=1S/C44H30O/c1-43(2)34-20-8-7-18-32(34)41-30(19-13-24-38(41)43)33-26-39-42(31-17-4-3-14-27(31)33)45-40-25-12-11-23-37(40)44(39)35-21-9-5-15-28(35)29-16-6-10-22-36(29)44/h3-26H,1-2H3. The molecule has 1 aliphatic heterocycles. The van der Waals surface area contributed by atoms with Gasteiger partial charge in [-0.05, 0) is 73.2 Å². The van der Waals surface area contributed by atoms with Crippen molar-refractivity contribution in [1.82, 2.24) is 0 Å². The lowest BCUT2D eigenvalue weighted by Crippen LogP contribution is -2.32. The molecule has 0 atom stereocenters. The normalized spacial score (nSPS) is 15.4. The van der Waals surface area contributed by atoms with E-state index in [4.69, 9.17) is 4.74 Å². The average Bonchev–Trinajstić information content (AvgIpc) is 3.51. The summed E-state index contributed by atoms with van der Waals surface area (Å²) in [4.78, 5) is 0. The first-order valence-electron chi connectivity index (χ1n) is 15.9. The molecule has 1 heterocycles. The Bertz CT molecular complexity index is 2340. The Kier molecular flexibility index (Phi) is 4.78. The quantitative estimate of drug-likeness (QED) is 0.189. The lowest BCUT2D eigenvalue weighted by atomic mass is 9.65. The van der Waals surface area contributed by atoms with Crippen LogP contribution in [-0.2, 0) is 10.8 Å². The van der Waals surface area contributed by atoms with Crippen LogP contribution in [-0.4, -0.2) is 0 Å². The molecule has 0 amide bonds. The van der Waals surface area contributed by atoms with E-state index in [-0.39, 0.29) is 5.41 Å². The summed E-state index contributed by atoms with van der Waals surface area (Å²) in [5.74, 6) is 1.87. The van der Waals surface area contributed by atoms with Crippen molar-refractivity contribution in [2.45, 2.75) is 24.7 Å². The fourth-order valence-electron chi connectivity index (χ4n) is 8.87. The lowest BCUT2D eigenvalue weighted by molar-refractivity contribution is 0.442. The highest BCUT2D eigenvalue weighted by atomic mass is 16.5. The van der Waals surface area contributed by atoms with Gasteiger partial charge in [-0.25, -0.2) is 0 Å². The number of para-hydroxylation sites is 1. The van der Waals surface area contributed by atoms with Gasteiger partial charge in [0, 0.05) is 21.9 Å². The van der Waals surface area contributed by atoms with Crippen molar-refractivity contribution in [3.05, 3.63) is 179 Å². The van der Waals surface area contributed by atoms with Crippen molar-refractivity contribution in [1.29, 1.82) is 0 Å². The third-order valence-electron chi connectivity index (χ3n) is 10.8. The SMILES string of the molecule is CC1(C)c2ccccc2-c2c(-c3cc4c(c5ccccc35)Oc3ccccc3C43c4ccccc4-c4ccccc43)cccc21. The van der Waals surface area contributed by atoms with Crippen molar-refractivity contribution in [3.8, 4) is 44.9 Å². The van der Waals surface area contributed by atoms with Crippen LogP contribution in [0.25, 0.3) is 44.2 Å². The van der Waals surface area contributed by atoms with Crippen LogP contribution in [0.2, 0.25) is 0 Å². The molecule has 0 saturated carbocycles. The van der Waals surface area contributed by atoms with Crippen LogP contribution in [0.4, 0.5) is 0 Å². The largest absolute Gasteiger partial charge is 0.456 e. The molecule has 7 aromatic rings. The molecule has 0 radical (unpaired) electrons. The molecule has 1 nitrogen and oxygen atoms in total. The van der Waals surface area contributed by atoms with Crippen molar-refractivity contribution in [3.63, 3.8) is 0 Å². The van der Waals surface area contributed by atoms with E-state index in [0.29, 0.717) is 0 Å². The minimum atomic E-state index is -0.509. The molecule has 0 bridgehead atoms. The third-order valence-corrected chi connectivity index (χ3v) is 10.8. The van der Waals surface area contributed by atoms with Crippen LogP contribution >= 0.6 is 0 Å². The van der Waals surface area contributed by atoms with Gasteiger partial charge in [0.2, 0.25) is 0 Å². The van der Waals surface area contributed by atoms with Gasteiger partial charge in [-0.1, -0.05) is 147 Å². The number of fused-ring (bicyclic) bond motifs is 14. The summed E-state index contributed by atoms with van der Waals surface area (Å²) in [6.45, 7) is 4.72. The van der Waals surface area contributed by atoms with E-state index < -0.39 is 5.41 Å². The second kappa shape index (κ2) is 8.61. The van der Waals surface area contributed by atoms with Gasteiger partial charge in [-0.15, -0.1) is 0 Å². The van der Waals surface area contributed by atoms with E-state index >= 15 is 0 Å². The summed E-state index contributed by atoms with van der Waals surface area (Å²) < 4.78 is 6.98. The molecule has 10 rings (SSSR count). The van der Waals surface area contributed by atoms with Gasteiger partial charge in [-0.2, -0.15) is 0 Å². The summed E-state index contributed by atoms with van der Waals surface area (Å²) >= 11 is 0. The van der Waals surface area contributed by atoms with Gasteiger partial charge >= 0.3 is 0 Å². The van der Waals surface area contributed by atoms with Crippen LogP contribution in [0, 0.1) is 0 Å². The van der Waals surface area contributed by atoms with Gasteiger partial charge in [0.15, 0.2) is 0 Å². The Morgan fingerprint density at radius 1 is 0.400 bits per heavy atom. The van der Waals surface area contributed by atoms with Crippen LogP contribution < -0.4 is 4.74 Å². The van der Waals surface area contributed by atoms with Crippen LogP contribution in [0.3, 0.4) is 0 Å². The van der Waals surface area contributed by atoms with Crippen molar-refractivity contribution in [2.75, 3.05) is 0 Å². The second-order valence-electron chi connectivity index (χ2n) is 13.2. The Morgan fingerprint density at radius 3 is 1.67 bits per heavy atom. The first-order valence-corrected chi connectivity index (χ1v) is 15.9. The maximum atomic E-state index is 6.98. The minimum Gasteiger partial charge on any atom is -0.456 e. The Labute approximate surface area is 263 Å². The number of ether oxygens (including phenoxy) is 1. The molecule has 0 saturated heterocycles. The van der Waals surface area contributed by atoms with E-state index in [9.17, 15) is 0 Å². The number of rotatable bonds is 1. The molecule has 45 heavy (non-hydrogen) atoms. The second-order valence-corrected chi connectivity index (χ2v) is 13.2. The topological polar surface area (TPSA) is 9.23 Å². The summed E-state index contributed by atoms with van der Waals surface area (Å²) in [6.07, 6.45) is 0. The van der Waals surface area contributed by atoms with Crippen LogP contribution in [0.1, 0.15) is 47.2 Å². The highest BCUT2D eigenvalue weighted by molar-refractivity contribution is 6.07. The molecule has 0 fully saturated rings. The molecule has 1 heteroatoms. The fraction of sp³-hybridized carbons (Fsp3) is 0.0909. The molecule has 7 aromatic carbocycles. The predicted molar refractivity (Wildman–Crippen MR) is 184 cm³/mol. The smallest absolute Gasteiger partial charge is 0.140 e. The minimum absolute atomic E-state index is 0.0709. The Morgan fingerprint density at radius 2 is 0.933 bits per heavy atom. The molecule has 0 unspecified atom stereocenters. The lowest BCUT2D eigenvalue weighted by Gasteiger charge is -2.40. The fourth-order valence-corrected chi connectivity index (χ4v) is 8.87. The van der Waals surface area contributed by atoms with Gasteiger partial charge in [0.05, 0.1) is 5.41 Å². The summed E-state index contributed by atoms with van der Waals surface area (Å²) in [5.41, 5.74) is 15.0. The highest BCUT2D eigenvalue weighted by Gasteiger charge is 2.51. The molecular formula is C44H30O. The molecule has 212 valence electrons. The monoisotopic (exact) mass is 574 g/mol. The van der Waals surface area contributed by atoms with Crippen LogP contribution in [0.15, 0.2) is 146 Å². The third kappa shape index (κ3) is 2.99. The van der Waals surface area contributed by atoms with Gasteiger partial charge in [0.1, 0.15) is 11.5 Å². The molecule has 0 aromatic heterocycles. The molecule has 2 aliphatic carbocycles. The first kappa shape index (κ1) is 25.0. The molecular weight excluding hydrogens is 544 g/mol. The molecule has 0 N–H and O–H groups in total. The predicted octanol–water partition coefficient (Wildman–Crippen LogP) is 11.3. The highest BCUT2D eigenvalue weighted by Crippen LogP contribution is 2.64. The number of benzene rings is 7. The van der Waals surface area contributed by atoms with Crippen molar-refractivity contribution < 1.29 is 4.74 Å². The number of hydrogen-bond donors (Lipinski definition) is 0. The zero-order valence-electron chi connectivity index (χ0n) is 25.3. The van der Waals surface area contributed by atoms with E-state index in [2.05, 4.69) is 159 Å². The van der Waals surface area contributed by atoms with Gasteiger partial charge in [0.25, 0.3) is 0 Å². The van der Waals surface area contributed by atoms with Crippen molar-refractivity contribution >= 4 is 10.8 Å². The van der Waals surface area contributed by atoms with Crippen molar-refractivity contribution in [2.24, 2.45) is 0 Å². The summed E-state index contributed by atoms with van der Waals surface area (Å²) in [5, 5.41) is 2.35. The Hall–Kier alpha value is -5.40. The van der Waals surface area contributed by atoms with E-state index in [1.165, 1.54) is 72.1 Å². The summed E-state index contributed by atoms with van der Waals surface area (Å²) in [7, 11) is 0. The molecule has 1 spiro atoms. The zero-order chi connectivity index (χ0) is 29.9. The van der Waals surface area contributed by atoms with E-state index in [1.54, 1.807) is 0 Å². The summed E-state index contributed by atoms with van der Waals surface area (Å²) in [6, 6.07) is 53.7. The zero-order valence-corrected chi connectivity index (χ0v) is 25.3. The van der Waals surface area contributed by atoms with E-state index in [1.807, 2.05) is 0 Å². The van der Waals surface area contributed by atoms with Gasteiger partial charge < -0.3 is 4.74 Å². The average molecular weight is 575 g/mol. The van der Waals surface area contributed by atoms with E-state index in [0.717, 1.165) is 16.9 Å².